The van der Waals surface area contributed by atoms with Crippen LogP contribution in [0.5, 0.6) is 5.88 Å². The first-order chi connectivity index (χ1) is 12.4. The van der Waals surface area contributed by atoms with Gasteiger partial charge < -0.3 is 14.8 Å². The van der Waals surface area contributed by atoms with Gasteiger partial charge in [0.1, 0.15) is 12.4 Å². The van der Waals surface area contributed by atoms with Crippen LogP contribution in [0.4, 0.5) is 0 Å². The highest BCUT2D eigenvalue weighted by molar-refractivity contribution is 5.34. The van der Waals surface area contributed by atoms with E-state index in [1.807, 2.05) is 6.07 Å². The minimum absolute atomic E-state index is 0.201. The minimum atomic E-state index is 0.201. The van der Waals surface area contributed by atoms with Crippen molar-refractivity contribution in [1.29, 1.82) is 0 Å². The zero-order valence-electron chi connectivity index (χ0n) is 14.5. The number of nitrogens with zero attached hydrogens (tertiary/aromatic N) is 2. The highest BCUT2D eigenvalue weighted by Gasteiger charge is 2.21. The SMILES string of the molecule is c1ccc(Cc2nc3c(c(OCC4CCCO4)n2)CCNCC3)cc1. The summed E-state index contributed by atoms with van der Waals surface area (Å²) in [5.74, 6) is 1.60. The molecule has 25 heavy (non-hydrogen) atoms. The first kappa shape index (κ1) is 16.5. The molecule has 0 bridgehead atoms. The van der Waals surface area contributed by atoms with E-state index in [9.17, 15) is 0 Å². The lowest BCUT2D eigenvalue weighted by molar-refractivity contribution is 0.0658. The fourth-order valence-corrected chi connectivity index (χ4v) is 3.48. The molecule has 1 atom stereocenters. The summed E-state index contributed by atoms with van der Waals surface area (Å²) >= 11 is 0. The van der Waals surface area contributed by atoms with Crippen molar-refractivity contribution in [3.63, 3.8) is 0 Å². The van der Waals surface area contributed by atoms with Crippen molar-refractivity contribution in [2.75, 3.05) is 26.3 Å². The second-order valence-electron chi connectivity index (χ2n) is 6.73. The third-order valence-electron chi connectivity index (χ3n) is 4.83. The van der Waals surface area contributed by atoms with Crippen LogP contribution in [0.25, 0.3) is 0 Å². The minimum Gasteiger partial charge on any atom is -0.475 e. The number of hydrogen-bond acceptors (Lipinski definition) is 5. The highest BCUT2D eigenvalue weighted by atomic mass is 16.5. The molecule has 1 N–H and O–H groups in total. The van der Waals surface area contributed by atoms with Crippen molar-refractivity contribution in [1.82, 2.24) is 15.3 Å². The largest absolute Gasteiger partial charge is 0.475 e. The summed E-state index contributed by atoms with van der Waals surface area (Å²) in [5.41, 5.74) is 3.52. The van der Waals surface area contributed by atoms with Crippen LogP contribution in [0.2, 0.25) is 0 Å². The molecule has 1 fully saturated rings. The zero-order chi connectivity index (χ0) is 16.9. The maximum atomic E-state index is 6.12. The molecule has 0 spiro atoms. The molecule has 1 unspecified atom stereocenters. The summed E-state index contributed by atoms with van der Waals surface area (Å²) in [6.07, 6.45) is 4.98. The van der Waals surface area contributed by atoms with Crippen molar-refractivity contribution in [2.45, 2.75) is 38.2 Å². The summed E-state index contributed by atoms with van der Waals surface area (Å²) in [6.45, 7) is 3.34. The van der Waals surface area contributed by atoms with Gasteiger partial charge >= 0.3 is 0 Å². The van der Waals surface area contributed by atoms with Gasteiger partial charge in [0, 0.05) is 31.6 Å². The summed E-state index contributed by atoms with van der Waals surface area (Å²) in [6, 6.07) is 10.4. The molecule has 132 valence electrons. The van der Waals surface area contributed by atoms with Crippen molar-refractivity contribution in [3.8, 4) is 5.88 Å². The Balaban J connectivity index is 1.58. The lowest BCUT2D eigenvalue weighted by atomic mass is 10.1. The Kier molecular flexibility index (Phi) is 5.23. The van der Waals surface area contributed by atoms with Gasteiger partial charge in [-0.05, 0) is 31.4 Å². The molecule has 0 amide bonds. The Labute approximate surface area is 148 Å². The third-order valence-corrected chi connectivity index (χ3v) is 4.83. The lowest BCUT2D eigenvalue weighted by Crippen LogP contribution is -2.19. The second kappa shape index (κ2) is 7.93. The monoisotopic (exact) mass is 339 g/mol. The van der Waals surface area contributed by atoms with Gasteiger partial charge in [0.2, 0.25) is 5.88 Å². The van der Waals surface area contributed by atoms with Gasteiger partial charge in [0.05, 0.1) is 11.8 Å². The van der Waals surface area contributed by atoms with Crippen molar-refractivity contribution < 1.29 is 9.47 Å². The first-order valence-electron chi connectivity index (χ1n) is 9.26. The fourth-order valence-electron chi connectivity index (χ4n) is 3.48. The summed E-state index contributed by atoms with van der Waals surface area (Å²) in [4.78, 5) is 9.61. The van der Waals surface area contributed by atoms with E-state index >= 15 is 0 Å². The van der Waals surface area contributed by atoms with Gasteiger partial charge in [-0.1, -0.05) is 30.3 Å². The van der Waals surface area contributed by atoms with Crippen LogP contribution < -0.4 is 10.1 Å². The summed E-state index contributed by atoms with van der Waals surface area (Å²) in [5, 5.41) is 3.44. The molecule has 3 heterocycles. The van der Waals surface area contributed by atoms with Crippen molar-refractivity contribution in [2.24, 2.45) is 0 Å². The number of ether oxygens (including phenoxy) is 2. The standard InChI is InChI=1S/C20H25N3O2/c1-2-5-15(6-3-1)13-19-22-18-9-11-21-10-8-17(18)20(23-19)25-14-16-7-4-12-24-16/h1-3,5-6,16,21H,4,7-14H2. The molecule has 0 aliphatic carbocycles. The Morgan fingerprint density at radius 3 is 2.84 bits per heavy atom. The average Bonchev–Trinajstić information content (AvgIpc) is 3.05. The smallest absolute Gasteiger partial charge is 0.220 e. The lowest BCUT2D eigenvalue weighted by Gasteiger charge is -2.16. The molecule has 1 aromatic carbocycles. The van der Waals surface area contributed by atoms with E-state index in [4.69, 9.17) is 19.4 Å². The predicted octanol–water partition coefficient (Wildman–Crippen LogP) is 2.31. The van der Waals surface area contributed by atoms with Crippen LogP contribution in [0.3, 0.4) is 0 Å². The Morgan fingerprint density at radius 1 is 1.12 bits per heavy atom. The molecule has 2 aliphatic rings. The molecule has 5 heteroatoms. The van der Waals surface area contributed by atoms with E-state index in [1.165, 1.54) is 11.1 Å². The quantitative estimate of drug-likeness (QED) is 0.906. The van der Waals surface area contributed by atoms with E-state index in [-0.39, 0.29) is 6.10 Å². The average molecular weight is 339 g/mol. The Hall–Kier alpha value is -1.98. The molecule has 4 rings (SSSR count). The maximum Gasteiger partial charge on any atom is 0.220 e. The number of nitrogens with one attached hydrogen (secondary N) is 1. The zero-order valence-corrected chi connectivity index (χ0v) is 14.5. The van der Waals surface area contributed by atoms with E-state index in [2.05, 4.69) is 29.6 Å². The summed E-state index contributed by atoms with van der Waals surface area (Å²) in [7, 11) is 0. The second-order valence-corrected chi connectivity index (χ2v) is 6.73. The van der Waals surface area contributed by atoms with Gasteiger partial charge in [-0.3, -0.25) is 0 Å². The van der Waals surface area contributed by atoms with Gasteiger partial charge in [-0.2, -0.15) is 4.98 Å². The normalized spacial score (nSPS) is 20.1. The van der Waals surface area contributed by atoms with Crippen LogP contribution in [0.15, 0.2) is 30.3 Å². The third kappa shape index (κ3) is 4.17. The topological polar surface area (TPSA) is 56.3 Å². The van der Waals surface area contributed by atoms with E-state index in [0.717, 1.165) is 69.2 Å². The fraction of sp³-hybridized carbons (Fsp3) is 0.500. The predicted molar refractivity (Wildman–Crippen MR) is 96.0 cm³/mol. The highest BCUT2D eigenvalue weighted by Crippen LogP contribution is 2.24. The maximum absolute atomic E-state index is 6.12. The molecule has 2 aromatic rings. The van der Waals surface area contributed by atoms with Crippen LogP contribution >= 0.6 is 0 Å². The number of hydrogen-bond donors (Lipinski definition) is 1. The first-order valence-corrected chi connectivity index (χ1v) is 9.26. The van der Waals surface area contributed by atoms with E-state index in [1.54, 1.807) is 0 Å². The van der Waals surface area contributed by atoms with E-state index in [0.29, 0.717) is 6.61 Å². The van der Waals surface area contributed by atoms with Crippen molar-refractivity contribution in [3.05, 3.63) is 53.0 Å². The van der Waals surface area contributed by atoms with Crippen LogP contribution in [0.1, 0.15) is 35.5 Å². The van der Waals surface area contributed by atoms with Crippen LogP contribution in [0, 0.1) is 0 Å². The van der Waals surface area contributed by atoms with Gasteiger partial charge in [-0.15, -0.1) is 0 Å². The number of fused-ring (bicyclic) bond motifs is 1. The summed E-state index contributed by atoms with van der Waals surface area (Å²) < 4.78 is 11.8. The number of rotatable bonds is 5. The van der Waals surface area contributed by atoms with E-state index < -0.39 is 0 Å². The molecule has 5 nitrogen and oxygen atoms in total. The molecule has 0 radical (unpaired) electrons. The molecule has 2 aliphatic heterocycles. The number of benzene rings is 1. The number of aromatic nitrogens is 2. The molecule has 0 saturated carbocycles. The Bertz CT molecular complexity index is 700. The van der Waals surface area contributed by atoms with Gasteiger partial charge in [0.25, 0.3) is 0 Å². The molecular formula is C20H25N3O2. The van der Waals surface area contributed by atoms with Crippen LogP contribution in [-0.4, -0.2) is 42.4 Å². The van der Waals surface area contributed by atoms with Crippen molar-refractivity contribution >= 4 is 0 Å². The van der Waals surface area contributed by atoms with Gasteiger partial charge in [0.15, 0.2) is 0 Å². The van der Waals surface area contributed by atoms with Crippen LogP contribution in [-0.2, 0) is 24.0 Å². The molecule has 1 aromatic heterocycles. The van der Waals surface area contributed by atoms with Gasteiger partial charge in [-0.25, -0.2) is 4.98 Å². The molecular weight excluding hydrogens is 314 g/mol. The molecule has 1 saturated heterocycles. The Morgan fingerprint density at radius 2 is 2.00 bits per heavy atom.